The maximum atomic E-state index is 13.8. The lowest BCUT2D eigenvalue weighted by Gasteiger charge is -2.44. The van der Waals surface area contributed by atoms with Crippen LogP contribution in [0.15, 0.2) is 24.3 Å². The first kappa shape index (κ1) is 22.0. The summed E-state index contributed by atoms with van der Waals surface area (Å²) in [4.78, 5) is 41.1. The zero-order valence-electron chi connectivity index (χ0n) is 19.1. The third kappa shape index (κ3) is 3.67. The van der Waals surface area contributed by atoms with E-state index in [2.05, 4.69) is 10.4 Å². The Morgan fingerprint density at radius 3 is 2.59 bits per heavy atom. The van der Waals surface area contributed by atoms with Gasteiger partial charge in [-0.05, 0) is 50.8 Å². The summed E-state index contributed by atoms with van der Waals surface area (Å²) in [5.74, 6) is -1.19. The lowest BCUT2D eigenvalue weighted by Crippen LogP contribution is -2.65. The molecule has 0 radical (unpaired) electrons. The third-order valence-corrected chi connectivity index (χ3v) is 6.79. The molecule has 0 saturated heterocycles. The molecule has 8 nitrogen and oxygen atoms in total. The van der Waals surface area contributed by atoms with Crippen molar-refractivity contribution in [3.63, 3.8) is 0 Å². The largest absolute Gasteiger partial charge is 0.464 e. The molecule has 0 unspecified atom stereocenters. The first-order valence-electron chi connectivity index (χ1n) is 11.1. The van der Waals surface area contributed by atoms with Crippen LogP contribution in [0.1, 0.15) is 71.1 Å². The Labute approximate surface area is 187 Å². The van der Waals surface area contributed by atoms with Gasteiger partial charge in [0.2, 0.25) is 5.91 Å². The van der Waals surface area contributed by atoms with Gasteiger partial charge < -0.3 is 10.1 Å². The second-order valence-corrected chi connectivity index (χ2v) is 9.01. The average molecular weight is 439 g/mol. The van der Waals surface area contributed by atoms with E-state index in [1.54, 1.807) is 11.8 Å². The highest BCUT2D eigenvalue weighted by atomic mass is 16.5. The molecule has 1 aromatic heterocycles. The van der Waals surface area contributed by atoms with Crippen LogP contribution in [0.25, 0.3) is 0 Å². The number of benzene rings is 1. The molecule has 1 atom stereocenters. The van der Waals surface area contributed by atoms with Crippen LogP contribution >= 0.6 is 0 Å². The van der Waals surface area contributed by atoms with E-state index in [0.717, 1.165) is 36.8 Å². The van der Waals surface area contributed by atoms with E-state index in [9.17, 15) is 14.4 Å². The molecule has 1 fully saturated rings. The van der Waals surface area contributed by atoms with Gasteiger partial charge in [0.1, 0.15) is 11.2 Å². The van der Waals surface area contributed by atoms with Crippen LogP contribution in [-0.2, 0) is 16.1 Å². The van der Waals surface area contributed by atoms with Crippen molar-refractivity contribution in [2.75, 3.05) is 12.0 Å². The van der Waals surface area contributed by atoms with Crippen molar-refractivity contribution in [3.05, 3.63) is 46.8 Å². The van der Waals surface area contributed by atoms with E-state index in [1.165, 1.54) is 24.3 Å². The van der Waals surface area contributed by atoms with Crippen LogP contribution in [0, 0.1) is 13.8 Å². The summed E-state index contributed by atoms with van der Waals surface area (Å²) >= 11 is 0. The maximum absolute atomic E-state index is 13.8. The topological polar surface area (TPSA) is 93.5 Å². The Morgan fingerprint density at radius 1 is 1.19 bits per heavy atom. The zero-order chi connectivity index (χ0) is 23.0. The molecule has 2 amide bonds. The third-order valence-electron chi connectivity index (χ3n) is 6.79. The number of rotatable bonds is 4. The van der Waals surface area contributed by atoms with Crippen molar-refractivity contribution >= 4 is 23.5 Å². The molecule has 1 saturated carbocycles. The number of carbonyl (C=O) groups excluding carboxylic acids is 3. The van der Waals surface area contributed by atoms with Gasteiger partial charge in [-0.15, -0.1) is 0 Å². The molecule has 0 bridgehead atoms. The van der Waals surface area contributed by atoms with Crippen LogP contribution in [0.5, 0.6) is 0 Å². The first-order chi connectivity index (χ1) is 15.3. The van der Waals surface area contributed by atoms with Crippen LogP contribution in [0.3, 0.4) is 0 Å². The molecule has 2 aromatic rings. The molecular weight excluding hydrogens is 408 g/mol. The van der Waals surface area contributed by atoms with Gasteiger partial charge in [-0.2, -0.15) is 5.10 Å². The molecular formula is C24H30N4O4. The number of nitrogens with zero attached hydrogens (tertiary/aromatic N) is 3. The molecule has 0 spiro atoms. The van der Waals surface area contributed by atoms with E-state index >= 15 is 0 Å². The highest BCUT2D eigenvalue weighted by molar-refractivity contribution is 6.12. The Kier molecular flexibility index (Phi) is 5.79. The second-order valence-electron chi connectivity index (χ2n) is 9.01. The van der Waals surface area contributed by atoms with Crippen LogP contribution in [0.4, 0.5) is 5.69 Å². The summed E-state index contributed by atoms with van der Waals surface area (Å²) < 4.78 is 6.23. The molecule has 32 heavy (non-hydrogen) atoms. The van der Waals surface area contributed by atoms with E-state index < -0.39 is 11.5 Å². The predicted molar refractivity (Wildman–Crippen MR) is 120 cm³/mol. The fourth-order valence-electron chi connectivity index (χ4n) is 4.73. The number of amides is 2. The molecule has 4 rings (SSSR count). The standard InChI is InChI=1S/C24H30N4O4/c1-15-9-8-12-19(16(15)2)28-21(29)20-13-18(22(30)32-4)26-27(20)14-24(28,3)23(31)25-17-10-6-5-7-11-17/h8-9,12-13,17H,5-7,10-11,14H2,1-4H3,(H,25,31)/t24-/m1/s1. The highest BCUT2D eigenvalue weighted by Gasteiger charge is 2.50. The van der Waals surface area contributed by atoms with Crippen molar-refractivity contribution in [3.8, 4) is 0 Å². The maximum Gasteiger partial charge on any atom is 0.358 e. The van der Waals surface area contributed by atoms with Crippen LogP contribution in [-0.4, -0.2) is 46.3 Å². The number of esters is 1. The number of aryl methyl sites for hydroxylation is 1. The van der Waals surface area contributed by atoms with Gasteiger partial charge in [0.05, 0.1) is 13.7 Å². The second kappa shape index (κ2) is 8.41. The average Bonchev–Trinajstić information content (AvgIpc) is 3.20. The molecule has 2 heterocycles. The Morgan fingerprint density at radius 2 is 1.91 bits per heavy atom. The van der Waals surface area contributed by atoms with Gasteiger partial charge in [0.25, 0.3) is 5.91 Å². The van der Waals surface area contributed by atoms with Gasteiger partial charge in [-0.25, -0.2) is 4.79 Å². The number of nitrogens with one attached hydrogen (secondary N) is 1. The molecule has 2 aliphatic rings. The minimum Gasteiger partial charge on any atom is -0.464 e. The highest BCUT2D eigenvalue weighted by Crippen LogP contribution is 2.36. The lowest BCUT2D eigenvalue weighted by atomic mass is 9.90. The molecule has 1 aromatic carbocycles. The van der Waals surface area contributed by atoms with E-state index in [0.29, 0.717) is 5.69 Å². The lowest BCUT2D eigenvalue weighted by molar-refractivity contribution is -0.127. The van der Waals surface area contributed by atoms with Crippen molar-refractivity contribution in [1.82, 2.24) is 15.1 Å². The molecule has 8 heteroatoms. The van der Waals surface area contributed by atoms with E-state index in [-0.39, 0.29) is 35.8 Å². The number of hydrogen-bond donors (Lipinski definition) is 1. The van der Waals surface area contributed by atoms with Crippen molar-refractivity contribution in [2.24, 2.45) is 0 Å². The van der Waals surface area contributed by atoms with Gasteiger partial charge in [0, 0.05) is 17.8 Å². The monoisotopic (exact) mass is 438 g/mol. The number of carbonyl (C=O) groups is 3. The molecule has 170 valence electrons. The number of anilines is 1. The molecule has 1 N–H and O–H groups in total. The summed E-state index contributed by atoms with van der Waals surface area (Å²) in [5.41, 5.74) is 1.74. The van der Waals surface area contributed by atoms with E-state index in [1.807, 2.05) is 32.0 Å². The molecule has 1 aliphatic carbocycles. The Bertz CT molecular complexity index is 1070. The van der Waals surface area contributed by atoms with Crippen LogP contribution < -0.4 is 10.2 Å². The van der Waals surface area contributed by atoms with Crippen LogP contribution in [0.2, 0.25) is 0 Å². The number of ether oxygens (including phenoxy) is 1. The van der Waals surface area contributed by atoms with Gasteiger partial charge in [0.15, 0.2) is 5.69 Å². The van der Waals surface area contributed by atoms with Gasteiger partial charge >= 0.3 is 5.97 Å². The number of methoxy groups -OCH3 is 1. The minimum absolute atomic E-state index is 0.0497. The van der Waals surface area contributed by atoms with Crippen molar-refractivity contribution in [2.45, 2.75) is 71.0 Å². The SMILES string of the molecule is COC(=O)c1cc2n(n1)C[C@](C)(C(=O)NC1CCCCC1)N(c1cccc(C)c1C)C2=O. The number of aromatic nitrogens is 2. The molecule has 1 aliphatic heterocycles. The fourth-order valence-corrected chi connectivity index (χ4v) is 4.73. The van der Waals surface area contributed by atoms with Crippen molar-refractivity contribution in [1.29, 1.82) is 0 Å². The quantitative estimate of drug-likeness (QED) is 0.740. The summed E-state index contributed by atoms with van der Waals surface area (Å²) in [5, 5.41) is 7.47. The summed E-state index contributed by atoms with van der Waals surface area (Å²) in [6, 6.07) is 7.26. The number of hydrogen-bond acceptors (Lipinski definition) is 5. The van der Waals surface area contributed by atoms with Gasteiger partial charge in [-0.3, -0.25) is 19.2 Å². The predicted octanol–water partition coefficient (Wildman–Crippen LogP) is 3.15. The summed E-state index contributed by atoms with van der Waals surface area (Å²) in [7, 11) is 1.27. The van der Waals surface area contributed by atoms with Gasteiger partial charge in [-0.1, -0.05) is 31.4 Å². The minimum atomic E-state index is -1.21. The normalized spacial score (nSPS) is 21.2. The Balaban J connectivity index is 1.80. The van der Waals surface area contributed by atoms with E-state index in [4.69, 9.17) is 4.74 Å². The van der Waals surface area contributed by atoms with Crippen molar-refractivity contribution < 1.29 is 19.1 Å². The smallest absolute Gasteiger partial charge is 0.358 e. The first-order valence-corrected chi connectivity index (χ1v) is 11.1. The number of fused-ring (bicyclic) bond motifs is 1. The fraction of sp³-hybridized carbons (Fsp3) is 0.500. The summed E-state index contributed by atoms with van der Waals surface area (Å²) in [6.07, 6.45) is 5.25. The summed E-state index contributed by atoms with van der Waals surface area (Å²) in [6.45, 7) is 5.83. The zero-order valence-corrected chi connectivity index (χ0v) is 19.1. The Hall–Kier alpha value is -3.16.